The zero-order chi connectivity index (χ0) is 18.1. The van der Waals surface area contributed by atoms with E-state index in [0.29, 0.717) is 16.7 Å². The number of anilines is 2. The lowest BCUT2D eigenvalue weighted by molar-refractivity contribution is -0.115. The number of fused-ring (bicyclic) bond motifs is 1. The number of aromatic nitrogens is 2. The van der Waals surface area contributed by atoms with E-state index in [0.717, 1.165) is 20.7 Å². The normalized spacial score (nSPS) is 12.3. The SMILES string of the molecule is Cc1sc2nc(SC(C)C(=O)Nc3cccc(F)c3)nc(N)c2c1C. The van der Waals surface area contributed by atoms with Gasteiger partial charge in [-0.3, -0.25) is 4.79 Å². The molecule has 0 aliphatic heterocycles. The number of nitrogens with one attached hydrogen (secondary N) is 1. The molecule has 0 spiro atoms. The molecule has 5 nitrogen and oxygen atoms in total. The van der Waals surface area contributed by atoms with Gasteiger partial charge in [0.2, 0.25) is 5.91 Å². The third kappa shape index (κ3) is 3.74. The Hall–Kier alpha value is -2.19. The van der Waals surface area contributed by atoms with Gasteiger partial charge in [0.15, 0.2) is 5.16 Å². The van der Waals surface area contributed by atoms with Crippen LogP contribution < -0.4 is 11.1 Å². The van der Waals surface area contributed by atoms with Crippen LogP contribution >= 0.6 is 23.1 Å². The largest absolute Gasteiger partial charge is 0.383 e. The molecule has 0 fully saturated rings. The minimum Gasteiger partial charge on any atom is -0.383 e. The fraction of sp³-hybridized carbons (Fsp3) is 0.235. The number of thiophene rings is 1. The van der Waals surface area contributed by atoms with Gasteiger partial charge in [0, 0.05) is 10.6 Å². The number of hydrogen-bond acceptors (Lipinski definition) is 6. The van der Waals surface area contributed by atoms with Crippen LogP contribution in [0, 0.1) is 19.7 Å². The summed E-state index contributed by atoms with van der Waals surface area (Å²) in [6.07, 6.45) is 0. The predicted octanol–water partition coefficient (Wildman–Crippen LogP) is 4.15. The number of aryl methyl sites for hydroxylation is 2. The number of carbonyl (C=O) groups is 1. The molecule has 3 N–H and O–H groups in total. The van der Waals surface area contributed by atoms with Crippen LogP contribution in [0.3, 0.4) is 0 Å². The highest BCUT2D eigenvalue weighted by molar-refractivity contribution is 8.00. The molecule has 0 radical (unpaired) electrons. The summed E-state index contributed by atoms with van der Waals surface area (Å²) in [7, 11) is 0. The molecular formula is C17H17FN4OS2. The van der Waals surface area contributed by atoms with Crippen LogP contribution in [0.1, 0.15) is 17.4 Å². The van der Waals surface area contributed by atoms with Gasteiger partial charge in [-0.25, -0.2) is 14.4 Å². The van der Waals surface area contributed by atoms with Crippen LogP contribution in [0.4, 0.5) is 15.9 Å². The highest BCUT2D eigenvalue weighted by Crippen LogP contribution is 2.34. The van der Waals surface area contributed by atoms with E-state index in [-0.39, 0.29) is 5.91 Å². The zero-order valence-corrected chi connectivity index (χ0v) is 15.6. The van der Waals surface area contributed by atoms with E-state index >= 15 is 0 Å². The second kappa shape index (κ2) is 6.97. The zero-order valence-electron chi connectivity index (χ0n) is 14.0. The van der Waals surface area contributed by atoms with E-state index in [2.05, 4.69) is 15.3 Å². The number of nitrogens with zero attached hydrogens (tertiary/aromatic N) is 2. The number of amides is 1. The Balaban J connectivity index is 1.77. The highest BCUT2D eigenvalue weighted by Gasteiger charge is 2.19. The molecule has 1 unspecified atom stereocenters. The summed E-state index contributed by atoms with van der Waals surface area (Å²) in [4.78, 5) is 23.1. The number of nitrogens with two attached hydrogens (primary N) is 1. The summed E-state index contributed by atoms with van der Waals surface area (Å²) < 4.78 is 13.2. The van der Waals surface area contributed by atoms with Crippen molar-refractivity contribution in [1.82, 2.24) is 9.97 Å². The summed E-state index contributed by atoms with van der Waals surface area (Å²) in [5.74, 6) is -0.230. The first-order valence-corrected chi connectivity index (χ1v) is 9.31. The van der Waals surface area contributed by atoms with Crippen molar-refractivity contribution in [2.75, 3.05) is 11.1 Å². The Labute approximate surface area is 152 Å². The minimum absolute atomic E-state index is 0.253. The summed E-state index contributed by atoms with van der Waals surface area (Å²) >= 11 is 2.78. The third-order valence-corrected chi connectivity index (χ3v) is 5.84. The summed E-state index contributed by atoms with van der Waals surface area (Å²) in [6.45, 7) is 5.76. The molecular weight excluding hydrogens is 359 g/mol. The number of carbonyl (C=O) groups excluding carboxylic acids is 1. The fourth-order valence-corrected chi connectivity index (χ4v) is 4.21. The molecule has 0 saturated heterocycles. The Kier molecular flexibility index (Phi) is 4.91. The van der Waals surface area contributed by atoms with E-state index < -0.39 is 11.1 Å². The summed E-state index contributed by atoms with van der Waals surface area (Å²) in [5, 5.41) is 3.56. The molecule has 8 heteroatoms. The topological polar surface area (TPSA) is 80.9 Å². The second-order valence-corrected chi connectivity index (χ2v) is 8.13. The van der Waals surface area contributed by atoms with Crippen molar-refractivity contribution >= 4 is 50.7 Å². The van der Waals surface area contributed by atoms with Crippen LogP contribution in [-0.4, -0.2) is 21.1 Å². The fourth-order valence-electron chi connectivity index (χ4n) is 2.33. The van der Waals surface area contributed by atoms with Crippen molar-refractivity contribution in [3.8, 4) is 0 Å². The average Bonchev–Trinajstić information content (AvgIpc) is 2.82. The maximum atomic E-state index is 13.2. The Morgan fingerprint density at radius 2 is 2.12 bits per heavy atom. The van der Waals surface area contributed by atoms with Gasteiger partial charge in [-0.15, -0.1) is 11.3 Å². The molecule has 130 valence electrons. The van der Waals surface area contributed by atoms with Gasteiger partial charge < -0.3 is 11.1 Å². The highest BCUT2D eigenvalue weighted by atomic mass is 32.2. The molecule has 3 aromatic rings. The Morgan fingerprint density at radius 3 is 2.84 bits per heavy atom. The molecule has 1 aromatic carbocycles. The van der Waals surface area contributed by atoms with Crippen LogP contribution in [0.25, 0.3) is 10.2 Å². The van der Waals surface area contributed by atoms with Crippen LogP contribution in [0.5, 0.6) is 0 Å². The third-order valence-electron chi connectivity index (χ3n) is 3.78. The van der Waals surface area contributed by atoms with Crippen molar-refractivity contribution in [3.63, 3.8) is 0 Å². The van der Waals surface area contributed by atoms with Gasteiger partial charge in [0.1, 0.15) is 16.5 Å². The maximum absolute atomic E-state index is 13.2. The first kappa shape index (κ1) is 17.6. The lowest BCUT2D eigenvalue weighted by atomic mass is 10.2. The first-order chi connectivity index (χ1) is 11.8. The van der Waals surface area contributed by atoms with Gasteiger partial charge in [0.25, 0.3) is 0 Å². The van der Waals surface area contributed by atoms with Gasteiger partial charge >= 0.3 is 0 Å². The quantitative estimate of drug-likeness (QED) is 0.528. The second-order valence-electron chi connectivity index (χ2n) is 5.61. The number of benzene rings is 1. The van der Waals surface area contributed by atoms with Crippen molar-refractivity contribution < 1.29 is 9.18 Å². The summed E-state index contributed by atoms with van der Waals surface area (Å²) in [6, 6.07) is 5.77. The summed E-state index contributed by atoms with van der Waals surface area (Å²) in [5.41, 5.74) is 7.57. The smallest absolute Gasteiger partial charge is 0.237 e. The van der Waals surface area contributed by atoms with Crippen molar-refractivity contribution in [1.29, 1.82) is 0 Å². The molecule has 2 aromatic heterocycles. The van der Waals surface area contributed by atoms with E-state index in [4.69, 9.17) is 5.73 Å². The van der Waals surface area contributed by atoms with E-state index in [1.807, 2.05) is 13.8 Å². The van der Waals surface area contributed by atoms with Crippen molar-refractivity contribution in [2.24, 2.45) is 0 Å². The van der Waals surface area contributed by atoms with Gasteiger partial charge in [0.05, 0.1) is 10.6 Å². The maximum Gasteiger partial charge on any atom is 0.237 e. The van der Waals surface area contributed by atoms with Crippen molar-refractivity contribution in [2.45, 2.75) is 31.2 Å². The number of thioether (sulfide) groups is 1. The lowest BCUT2D eigenvalue weighted by Gasteiger charge is -2.11. The standard InChI is InChI=1S/C17H17FN4OS2/c1-8-9(2)24-16-13(8)14(19)21-17(22-16)25-10(3)15(23)20-12-6-4-5-11(18)7-12/h4-7,10H,1-3H3,(H,20,23)(H2,19,21,22). The molecule has 1 atom stereocenters. The molecule has 0 bridgehead atoms. The predicted molar refractivity (Wildman–Crippen MR) is 102 cm³/mol. The minimum atomic E-state index is -0.456. The Bertz CT molecular complexity index is 957. The lowest BCUT2D eigenvalue weighted by Crippen LogP contribution is -2.22. The van der Waals surface area contributed by atoms with Gasteiger partial charge in [-0.05, 0) is 44.5 Å². The monoisotopic (exact) mass is 376 g/mol. The molecule has 2 heterocycles. The van der Waals surface area contributed by atoms with Crippen LogP contribution in [0.15, 0.2) is 29.4 Å². The van der Waals surface area contributed by atoms with Gasteiger partial charge in [-0.2, -0.15) is 0 Å². The average molecular weight is 376 g/mol. The van der Waals surface area contributed by atoms with E-state index in [1.54, 1.807) is 30.4 Å². The number of halogens is 1. The van der Waals surface area contributed by atoms with Crippen LogP contribution in [0.2, 0.25) is 0 Å². The molecule has 25 heavy (non-hydrogen) atoms. The molecule has 0 saturated carbocycles. The molecule has 1 amide bonds. The van der Waals surface area contributed by atoms with E-state index in [9.17, 15) is 9.18 Å². The molecule has 0 aliphatic carbocycles. The van der Waals surface area contributed by atoms with Crippen molar-refractivity contribution in [3.05, 3.63) is 40.5 Å². The number of rotatable bonds is 4. The van der Waals surface area contributed by atoms with Crippen LogP contribution in [-0.2, 0) is 4.79 Å². The first-order valence-electron chi connectivity index (χ1n) is 7.61. The number of hydrogen-bond donors (Lipinski definition) is 2. The van der Waals surface area contributed by atoms with Gasteiger partial charge in [-0.1, -0.05) is 17.8 Å². The molecule has 0 aliphatic rings. The molecule has 3 rings (SSSR count). The number of nitrogen functional groups attached to an aromatic ring is 1. The Morgan fingerprint density at radius 1 is 1.36 bits per heavy atom. The van der Waals surface area contributed by atoms with E-state index in [1.165, 1.54) is 23.9 Å².